The van der Waals surface area contributed by atoms with E-state index in [0.717, 1.165) is 34.7 Å². The fourth-order valence-corrected chi connectivity index (χ4v) is 3.43. The van der Waals surface area contributed by atoms with Gasteiger partial charge in [-0.3, -0.25) is 4.79 Å². The van der Waals surface area contributed by atoms with Gasteiger partial charge in [0.15, 0.2) is 10.8 Å². The SMILES string of the molecule is CCCNc1nc(SC)nc2c1cnn2CCNC(=O)/C=C/c1cccs1. The zero-order valence-corrected chi connectivity index (χ0v) is 16.9. The zero-order valence-electron chi connectivity index (χ0n) is 15.3. The first-order chi connectivity index (χ1) is 13.2. The molecule has 0 aliphatic rings. The summed E-state index contributed by atoms with van der Waals surface area (Å²) < 4.78 is 1.80. The minimum atomic E-state index is -0.121. The van der Waals surface area contributed by atoms with Crippen molar-refractivity contribution < 1.29 is 4.79 Å². The third-order valence-corrected chi connectivity index (χ3v) is 5.15. The summed E-state index contributed by atoms with van der Waals surface area (Å²) in [7, 11) is 0. The third-order valence-electron chi connectivity index (χ3n) is 3.77. The van der Waals surface area contributed by atoms with Gasteiger partial charge in [-0.1, -0.05) is 24.8 Å². The highest BCUT2D eigenvalue weighted by atomic mass is 32.2. The van der Waals surface area contributed by atoms with Crippen LogP contribution in [-0.4, -0.2) is 45.0 Å². The fraction of sp³-hybridized carbons (Fsp3) is 0.333. The number of thiophene rings is 1. The van der Waals surface area contributed by atoms with E-state index in [0.29, 0.717) is 18.2 Å². The monoisotopic (exact) mass is 402 g/mol. The predicted octanol–water partition coefficient (Wildman–Crippen LogP) is 3.26. The van der Waals surface area contributed by atoms with E-state index in [9.17, 15) is 4.79 Å². The molecule has 0 unspecified atom stereocenters. The van der Waals surface area contributed by atoms with Crippen LogP contribution in [0.25, 0.3) is 17.1 Å². The largest absolute Gasteiger partial charge is 0.369 e. The van der Waals surface area contributed by atoms with Crippen LogP contribution in [0.15, 0.2) is 34.9 Å². The maximum absolute atomic E-state index is 11.9. The highest BCUT2D eigenvalue weighted by Crippen LogP contribution is 2.23. The average Bonchev–Trinajstić information content (AvgIpc) is 3.34. The molecule has 0 saturated heterocycles. The molecule has 0 atom stereocenters. The molecule has 3 rings (SSSR count). The molecule has 0 fully saturated rings. The van der Waals surface area contributed by atoms with Crippen molar-refractivity contribution in [2.45, 2.75) is 25.0 Å². The number of carbonyl (C=O) groups is 1. The van der Waals surface area contributed by atoms with Crippen LogP contribution < -0.4 is 10.6 Å². The first-order valence-corrected chi connectivity index (χ1v) is 10.8. The Bertz CT molecular complexity index is 919. The van der Waals surface area contributed by atoms with E-state index in [1.54, 1.807) is 28.3 Å². The van der Waals surface area contributed by atoms with E-state index >= 15 is 0 Å². The molecular weight excluding hydrogens is 380 g/mol. The summed E-state index contributed by atoms with van der Waals surface area (Å²) in [6.45, 7) is 3.97. The van der Waals surface area contributed by atoms with Crippen LogP contribution in [0.2, 0.25) is 0 Å². The molecule has 0 aliphatic carbocycles. The van der Waals surface area contributed by atoms with Crippen molar-refractivity contribution in [3.8, 4) is 0 Å². The first kappa shape index (κ1) is 19.4. The van der Waals surface area contributed by atoms with Crippen LogP contribution >= 0.6 is 23.1 Å². The van der Waals surface area contributed by atoms with Crippen molar-refractivity contribution in [2.75, 3.05) is 24.7 Å². The van der Waals surface area contributed by atoms with Gasteiger partial charge < -0.3 is 10.6 Å². The summed E-state index contributed by atoms with van der Waals surface area (Å²) in [5.74, 6) is 0.685. The molecule has 3 aromatic rings. The first-order valence-electron chi connectivity index (χ1n) is 8.72. The number of fused-ring (bicyclic) bond motifs is 1. The lowest BCUT2D eigenvalue weighted by Gasteiger charge is -2.08. The normalized spacial score (nSPS) is 11.3. The second kappa shape index (κ2) is 9.52. The van der Waals surface area contributed by atoms with Gasteiger partial charge in [0.25, 0.3) is 0 Å². The van der Waals surface area contributed by atoms with E-state index in [2.05, 4.69) is 32.6 Å². The molecule has 7 nitrogen and oxygen atoms in total. The maximum Gasteiger partial charge on any atom is 0.244 e. The van der Waals surface area contributed by atoms with Gasteiger partial charge in [0.05, 0.1) is 18.1 Å². The van der Waals surface area contributed by atoms with Crippen molar-refractivity contribution in [2.24, 2.45) is 0 Å². The summed E-state index contributed by atoms with van der Waals surface area (Å²) in [4.78, 5) is 22.1. The Morgan fingerprint density at radius 2 is 2.26 bits per heavy atom. The van der Waals surface area contributed by atoms with Gasteiger partial charge >= 0.3 is 0 Å². The summed E-state index contributed by atoms with van der Waals surface area (Å²) in [5, 5.41) is 14.2. The molecule has 0 aliphatic heterocycles. The number of hydrogen-bond acceptors (Lipinski definition) is 7. The number of nitrogens with one attached hydrogen (secondary N) is 2. The van der Waals surface area contributed by atoms with Gasteiger partial charge in [0, 0.05) is 24.0 Å². The van der Waals surface area contributed by atoms with Crippen LogP contribution in [0, 0.1) is 0 Å². The van der Waals surface area contributed by atoms with Crippen LogP contribution in [0.3, 0.4) is 0 Å². The zero-order chi connectivity index (χ0) is 19.1. The lowest BCUT2D eigenvalue weighted by atomic mass is 10.3. The van der Waals surface area contributed by atoms with Crippen molar-refractivity contribution >= 4 is 51.9 Å². The van der Waals surface area contributed by atoms with Gasteiger partial charge in [-0.15, -0.1) is 11.3 Å². The second-order valence-corrected chi connectivity index (χ2v) is 7.48. The minimum absolute atomic E-state index is 0.121. The summed E-state index contributed by atoms with van der Waals surface area (Å²) in [5.41, 5.74) is 0.774. The summed E-state index contributed by atoms with van der Waals surface area (Å²) in [6.07, 6.45) is 8.10. The van der Waals surface area contributed by atoms with E-state index < -0.39 is 0 Å². The molecule has 9 heteroatoms. The topological polar surface area (TPSA) is 84.7 Å². The van der Waals surface area contributed by atoms with Crippen LogP contribution in [0.1, 0.15) is 18.2 Å². The van der Waals surface area contributed by atoms with Crippen LogP contribution in [0.5, 0.6) is 0 Å². The molecule has 3 heterocycles. The Hall–Kier alpha value is -2.39. The Kier molecular flexibility index (Phi) is 6.83. The number of anilines is 1. The Labute approximate surface area is 166 Å². The van der Waals surface area contributed by atoms with Crippen molar-refractivity contribution in [3.63, 3.8) is 0 Å². The number of amides is 1. The highest BCUT2D eigenvalue weighted by molar-refractivity contribution is 7.98. The van der Waals surface area contributed by atoms with Crippen molar-refractivity contribution in [3.05, 3.63) is 34.7 Å². The highest BCUT2D eigenvalue weighted by Gasteiger charge is 2.12. The van der Waals surface area contributed by atoms with Gasteiger partial charge in [-0.2, -0.15) is 5.10 Å². The number of rotatable bonds is 9. The number of nitrogens with zero attached hydrogens (tertiary/aromatic N) is 4. The molecule has 2 N–H and O–H groups in total. The van der Waals surface area contributed by atoms with E-state index in [1.165, 1.54) is 11.8 Å². The molecule has 0 bridgehead atoms. The molecule has 1 amide bonds. The summed E-state index contributed by atoms with van der Waals surface area (Å²) in [6, 6.07) is 3.93. The Balaban J connectivity index is 1.65. The quantitative estimate of drug-likeness (QED) is 0.325. The molecule has 0 radical (unpaired) electrons. The molecule has 142 valence electrons. The Morgan fingerprint density at radius 1 is 1.37 bits per heavy atom. The van der Waals surface area contributed by atoms with Crippen molar-refractivity contribution in [1.82, 2.24) is 25.1 Å². The number of hydrogen-bond donors (Lipinski definition) is 2. The lowest BCUT2D eigenvalue weighted by molar-refractivity contribution is -0.116. The fourth-order valence-electron chi connectivity index (χ4n) is 2.46. The number of thioether (sulfide) groups is 1. The number of aromatic nitrogens is 4. The second-order valence-electron chi connectivity index (χ2n) is 5.73. The Morgan fingerprint density at radius 3 is 3.00 bits per heavy atom. The lowest BCUT2D eigenvalue weighted by Crippen LogP contribution is -2.25. The minimum Gasteiger partial charge on any atom is -0.369 e. The molecule has 0 aromatic carbocycles. The van der Waals surface area contributed by atoms with Gasteiger partial charge in [-0.05, 0) is 30.2 Å². The van der Waals surface area contributed by atoms with Crippen molar-refractivity contribution in [1.29, 1.82) is 0 Å². The number of carbonyl (C=O) groups excluding carboxylic acids is 1. The molecule has 3 aromatic heterocycles. The molecule has 0 saturated carbocycles. The van der Waals surface area contributed by atoms with E-state index in [1.807, 2.05) is 29.8 Å². The van der Waals surface area contributed by atoms with Gasteiger partial charge in [0.1, 0.15) is 5.82 Å². The van der Waals surface area contributed by atoms with Gasteiger partial charge in [0.2, 0.25) is 5.91 Å². The summed E-state index contributed by atoms with van der Waals surface area (Å²) >= 11 is 3.09. The molecule has 27 heavy (non-hydrogen) atoms. The van der Waals surface area contributed by atoms with E-state index in [-0.39, 0.29) is 5.91 Å². The van der Waals surface area contributed by atoms with Gasteiger partial charge in [-0.25, -0.2) is 14.6 Å². The smallest absolute Gasteiger partial charge is 0.244 e. The average molecular weight is 403 g/mol. The molecule has 0 spiro atoms. The van der Waals surface area contributed by atoms with E-state index in [4.69, 9.17) is 0 Å². The maximum atomic E-state index is 11.9. The molecular formula is C18H22N6OS2. The standard InChI is InChI=1S/C18H22N6OS2/c1-3-8-20-16-14-12-21-24(17(14)23-18(22-16)26-2)10-9-19-15(25)7-6-13-5-4-11-27-13/h4-7,11-12H,3,8-10H2,1-2H3,(H,19,25)(H,20,22,23)/b7-6+. The van der Waals surface area contributed by atoms with Crippen LogP contribution in [-0.2, 0) is 11.3 Å². The third kappa shape index (κ3) is 5.08. The van der Waals surface area contributed by atoms with Crippen LogP contribution in [0.4, 0.5) is 5.82 Å². The predicted molar refractivity (Wildman–Crippen MR) is 112 cm³/mol.